The smallest absolute Gasteiger partial charge is 0.318 e. The van der Waals surface area contributed by atoms with Crippen LogP contribution < -0.4 is 0 Å². The summed E-state index contributed by atoms with van der Waals surface area (Å²) in [5.74, 6) is 1.49. The molecule has 0 unspecified atom stereocenters. The van der Waals surface area contributed by atoms with Gasteiger partial charge in [-0.2, -0.15) is 0 Å². The number of rotatable bonds is 5. The minimum absolute atomic E-state index is 0.111. The summed E-state index contributed by atoms with van der Waals surface area (Å²) >= 11 is 0. The van der Waals surface area contributed by atoms with E-state index in [0.29, 0.717) is 17.8 Å². The molecule has 2 aliphatic rings. The normalized spacial score (nSPS) is 25.0. The summed E-state index contributed by atoms with van der Waals surface area (Å²) in [6.07, 6.45) is 3.03. The van der Waals surface area contributed by atoms with Gasteiger partial charge in [-0.05, 0) is 49.1 Å². The van der Waals surface area contributed by atoms with Crippen LogP contribution in [0, 0.1) is 11.8 Å². The van der Waals surface area contributed by atoms with E-state index in [1.54, 1.807) is 0 Å². The van der Waals surface area contributed by atoms with Crippen molar-refractivity contribution in [3.05, 3.63) is 35.4 Å². The molecular formula is C18H23NO2. The minimum Gasteiger partial charge on any atom is -0.318 e. The van der Waals surface area contributed by atoms with Gasteiger partial charge in [-0.3, -0.25) is 0 Å². The Hall–Kier alpha value is -1.64. The Labute approximate surface area is 126 Å². The van der Waals surface area contributed by atoms with E-state index in [0.717, 1.165) is 25.0 Å². The summed E-state index contributed by atoms with van der Waals surface area (Å²) in [7, 11) is 0. The van der Waals surface area contributed by atoms with Crippen molar-refractivity contribution in [2.75, 3.05) is 0 Å². The molecule has 0 N–H and O–H groups in total. The average molecular weight is 285 g/mol. The maximum atomic E-state index is 11.5. The second-order valence-corrected chi connectivity index (χ2v) is 6.69. The van der Waals surface area contributed by atoms with Crippen LogP contribution >= 0.6 is 0 Å². The first kappa shape index (κ1) is 14.3. The predicted octanol–water partition coefficient (Wildman–Crippen LogP) is 4.24. The van der Waals surface area contributed by atoms with Crippen molar-refractivity contribution in [3.8, 4) is 0 Å². The zero-order valence-electron chi connectivity index (χ0n) is 13.0. The summed E-state index contributed by atoms with van der Waals surface area (Å²) in [5.41, 5.74) is 3.69. The van der Waals surface area contributed by atoms with Crippen LogP contribution in [-0.4, -0.2) is 11.7 Å². The molecule has 2 saturated carbocycles. The lowest BCUT2D eigenvalue weighted by Crippen LogP contribution is -2.05. The Balaban J connectivity index is 1.57. The highest BCUT2D eigenvalue weighted by Gasteiger charge is 2.41. The average Bonchev–Trinajstić information content (AvgIpc) is 3.37. The molecule has 0 spiro atoms. The molecule has 0 radical (unpaired) electrons. The first-order valence-corrected chi connectivity index (χ1v) is 7.91. The minimum atomic E-state index is -0.159. The van der Waals surface area contributed by atoms with E-state index >= 15 is 0 Å². The molecule has 3 heteroatoms. The fraction of sp³-hybridized carbons (Fsp3) is 0.556. The van der Waals surface area contributed by atoms with Crippen molar-refractivity contribution in [2.45, 2.75) is 51.9 Å². The molecule has 2 atom stereocenters. The highest BCUT2D eigenvalue weighted by Crippen LogP contribution is 2.48. The van der Waals surface area contributed by atoms with E-state index in [2.05, 4.69) is 43.3 Å². The van der Waals surface area contributed by atoms with Crippen LogP contribution in [-0.2, 0) is 9.63 Å². The van der Waals surface area contributed by atoms with Crippen molar-refractivity contribution in [1.82, 2.24) is 0 Å². The van der Waals surface area contributed by atoms with Crippen molar-refractivity contribution in [2.24, 2.45) is 17.0 Å². The van der Waals surface area contributed by atoms with E-state index in [-0.39, 0.29) is 11.9 Å². The maximum absolute atomic E-state index is 11.5. The quantitative estimate of drug-likeness (QED) is 0.461. The number of carbonyl (C=O) groups excluding carboxylic acids is 1. The van der Waals surface area contributed by atoms with Crippen molar-refractivity contribution in [3.63, 3.8) is 0 Å². The highest BCUT2D eigenvalue weighted by molar-refractivity contribution is 5.88. The fourth-order valence-electron chi connectivity index (χ4n) is 2.73. The van der Waals surface area contributed by atoms with Gasteiger partial charge in [0, 0.05) is 5.92 Å². The van der Waals surface area contributed by atoms with Crippen LogP contribution in [0.4, 0.5) is 0 Å². The molecule has 0 aliphatic heterocycles. The predicted molar refractivity (Wildman–Crippen MR) is 83.3 cm³/mol. The lowest BCUT2D eigenvalue weighted by atomic mass is 9.99. The third-order valence-electron chi connectivity index (χ3n) is 4.55. The second-order valence-electron chi connectivity index (χ2n) is 6.69. The van der Waals surface area contributed by atoms with Gasteiger partial charge in [0.1, 0.15) is 0 Å². The molecule has 1 aromatic rings. The summed E-state index contributed by atoms with van der Waals surface area (Å²) < 4.78 is 0. The lowest BCUT2D eigenvalue weighted by molar-refractivity contribution is -0.145. The molecule has 0 heterocycles. The number of nitrogens with zero attached hydrogens (tertiary/aromatic N) is 1. The Morgan fingerprint density at radius 3 is 2.48 bits per heavy atom. The Morgan fingerprint density at radius 2 is 1.90 bits per heavy atom. The van der Waals surface area contributed by atoms with Gasteiger partial charge in [0.25, 0.3) is 0 Å². The van der Waals surface area contributed by atoms with E-state index in [1.807, 2.05) is 6.92 Å². The molecule has 3 rings (SSSR count). The second kappa shape index (κ2) is 5.63. The molecule has 0 amide bonds. The molecular weight excluding hydrogens is 262 g/mol. The fourth-order valence-corrected chi connectivity index (χ4v) is 2.73. The third kappa shape index (κ3) is 3.34. The van der Waals surface area contributed by atoms with E-state index < -0.39 is 0 Å². The van der Waals surface area contributed by atoms with Crippen LogP contribution in [0.2, 0.25) is 0 Å². The van der Waals surface area contributed by atoms with E-state index in [9.17, 15) is 4.79 Å². The third-order valence-corrected chi connectivity index (χ3v) is 4.55. The molecule has 0 aromatic heterocycles. The van der Waals surface area contributed by atoms with Gasteiger partial charge in [0.15, 0.2) is 0 Å². The first-order valence-electron chi connectivity index (χ1n) is 7.91. The summed E-state index contributed by atoms with van der Waals surface area (Å²) in [6, 6.07) is 8.89. The largest absolute Gasteiger partial charge is 0.338 e. The van der Waals surface area contributed by atoms with Crippen LogP contribution in [0.3, 0.4) is 0 Å². The Kier molecular flexibility index (Phi) is 3.83. The van der Waals surface area contributed by atoms with Gasteiger partial charge in [-0.25, -0.2) is 4.79 Å². The number of hydrogen-bond acceptors (Lipinski definition) is 3. The Bertz CT molecular complexity index is 555. The topological polar surface area (TPSA) is 38.7 Å². The summed E-state index contributed by atoms with van der Waals surface area (Å²) in [5, 5.41) is 4.04. The van der Waals surface area contributed by atoms with E-state index in [4.69, 9.17) is 4.84 Å². The number of carbonyl (C=O) groups is 1. The molecule has 2 fully saturated rings. The zero-order chi connectivity index (χ0) is 15.0. The zero-order valence-corrected chi connectivity index (χ0v) is 13.0. The van der Waals surface area contributed by atoms with Gasteiger partial charge in [0.05, 0.1) is 11.6 Å². The van der Waals surface area contributed by atoms with E-state index in [1.165, 1.54) is 11.1 Å². The number of benzene rings is 1. The highest BCUT2D eigenvalue weighted by atomic mass is 16.7. The monoisotopic (exact) mass is 285 g/mol. The standard InChI is InChI=1S/C18H23NO2/c1-11(2)13-4-6-14(7-5-13)17-10-16(17)12(3)19-21-18(20)15-8-9-15/h4-7,11,15-17H,8-10H2,1-3H3/b19-12-/t16-,17-/m0/s1. The van der Waals surface area contributed by atoms with Crippen molar-refractivity contribution >= 4 is 11.7 Å². The molecule has 112 valence electrons. The van der Waals surface area contributed by atoms with Crippen LogP contribution in [0.15, 0.2) is 29.4 Å². The van der Waals surface area contributed by atoms with Gasteiger partial charge in [0.2, 0.25) is 0 Å². The summed E-state index contributed by atoms with van der Waals surface area (Å²) in [6.45, 7) is 6.38. The van der Waals surface area contributed by atoms with Gasteiger partial charge in [-0.1, -0.05) is 43.3 Å². The molecule has 0 bridgehead atoms. The Morgan fingerprint density at radius 1 is 1.24 bits per heavy atom. The van der Waals surface area contributed by atoms with Gasteiger partial charge < -0.3 is 4.84 Å². The van der Waals surface area contributed by atoms with Crippen molar-refractivity contribution < 1.29 is 9.63 Å². The van der Waals surface area contributed by atoms with Crippen molar-refractivity contribution in [1.29, 1.82) is 0 Å². The first-order chi connectivity index (χ1) is 10.1. The van der Waals surface area contributed by atoms with Crippen LogP contribution in [0.25, 0.3) is 0 Å². The molecule has 2 aliphatic carbocycles. The number of hydrogen-bond donors (Lipinski definition) is 0. The van der Waals surface area contributed by atoms with Crippen LogP contribution in [0.5, 0.6) is 0 Å². The SMILES string of the molecule is C/C(=N/OC(=O)C1CC1)[C@@H]1C[C@H]1c1ccc(C(C)C)cc1. The van der Waals surface area contributed by atoms with Gasteiger partial charge in [-0.15, -0.1) is 0 Å². The molecule has 3 nitrogen and oxygen atoms in total. The lowest BCUT2D eigenvalue weighted by Gasteiger charge is -2.06. The molecule has 0 saturated heterocycles. The summed E-state index contributed by atoms with van der Waals surface area (Å²) in [4.78, 5) is 16.5. The number of oxime groups is 1. The van der Waals surface area contributed by atoms with Crippen LogP contribution in [0.1, 0.15) is 63.0 Å². The molecule has 21 heavy (non-hydrogen) atoms. The molecule has 1 aromatic carbocycles. The van der Waals surface area contributed by atoms with Gasteiger partial charge >= 0.3 is 5.97 Å². The maximum Gasteiger partial charge on any atom is 0.338 e.